The molecule has 11 nitrogen and oxygen atoms in total. The van der Waals surface area contributed by atoms with Gasteiger partial charge in [0, 0.05) is 28.8 Å². The highest BCUT2D eigenvalue weighted by molar-refractivity contribution is 5.94. The van der Waals surface area contributed by atoms with Gasteiger partial charge in [-0.05, 0) is 79.0 Å². The standard InChI is InChI=1S/C41H46N4O7/c1-18(2)31-38-44-33(39(49)50-9)35(52-38)41-26-12-10-11-25(30-22(7)20(5)15-21(6)23(30)8)32(26)45-40(41)51-29-14-13-24(16-27(29)41)17-28(36(47)43-31)42-37(48)34(46)19(3)4/h10-16,18-19,28,31,34,40,45-46H,17H2,1-9H3,(H,42,48)(H,43,47)/t28?,31-,34-,40?,41?/m0/s1. The Labute approximate surface area is 303 Å². The number of carbonyl (C=O) groups is 3. The first-order chi connectivity index (χ1) is 24.7. The summed E-state index contributed by atoms with van der Waals surface area (Å²) < 4.78 is 18.8. The van der Waals surface area contributed by atoms with Crippen molar-refractivity contribution in [3.05, 3.63) is 98.8 Å². The normalized spacial score (nSPS) is 22.0. The van der Waals surface area contributed by atoms with Crippen molar-refractivity contribution in [2.45, 2.75) is 91.6 Å². The van der Waals surface area contributed by atoms with Crippen LogP contribution in [0.25, 0.3) is 11.1 Å². The topological polar surface area (TPSA) is 152 Å². The number of oxazole rings is 1. The number of hydrogen-bond donors (Lipinski definition) is 4. The second-order valence-corrected chi connectivity index (χ2v) is 15.1. The maximum Gasteiger partial charge on any atom is 0.360 e. The van der Waals surface area contributed by atoms with E-state index in [-0.39, 0.29) is 35.6 Å². The molecule has 3 aromatic carbocycles. The van der Waals surface area contributed by atoms with Gasteiger partial charge in [0.2, 0.25) is 17.7 Å². The van der Waals surface area contributed by atoms with E-state index in [4.69, 9.17) is 18.9 Å². The molecule has 0 aliphatic carbocycles. The van der Waals surface area contributed by atoms with Crippen LogP contribution in [0.2, 0.25) is 0 Å². The lowest BCUT2D eigenvalue weighted by molar-refractivity contribution is -0.135. The van der Waals surface area contributed by atoms with Gasteiger partial charge in [0.25, 0.3) is 0 Å². The molecule has 7 rings (SSSR count). The highest BCUT2D eigenvalue weighted by Crippen LogP contribution is 2.60. The number of anilines is 1. The Balaban J connectivity index is 1.52. The molecule has 4 N–H and O–H groups in total. The molecule has 1 aromatic heterocycles. The van der Waals surface area contributed by atoms with Crippen LogP contribution in [-0.2, 0) is 26.2 Å². The highest BCUT2D eigenvalue weighted by atomic mass is 16.5. The Hall–Kier alpha value is -5.16. The molecule has 3 unspecified atom stereocenters. The zero-order chi connectivity index (χ0) is 37.4. The summed E-state index contributed by atoms with van der Waals surface area (Å²) >= 11 is 0. The van der Waals surface area contributed by atoms with Crippen molar-refractivity contribution in [3.63, 3.8) is 0 Å². The van der Waals surface area contributed by atoms with Crippen molar-refractivity contribution in [2.24, 2.45) is 11.8 Å². The van der Waals surface area contributed by atoms with Gasteiger partial charge >= 0.3 is 5.97 Å². The van der Waals surface area contributed by atoms with Crippen molar-refractivity contribution in [2.75, 3.05) is 12.4 Å². The number of rotatable bonds is 6. The highest BCUT2D eigenvalue weighted by Gasteiger charge is 2.62. The predicted molar refractivity (Wildman–Crippen MR) is 195 cm³/mol. The third kappa shape index (κ3) is 5.27. The van der Waals surface area contributed by atoms with Crippen LogP contribution in [0.1, 0.15) is 94.8 Å². The van der Waals surface area contributed by atoms with Gasteiger partial charge in [0.05, 0.1) is 7.11 Å². The lowest BCUT2D eigenvalue weighted by Crippen LogP contribution is -2.52. The number of fused-ring (bicyclic) bond motifs is 4. The summed E-state index contributed by atoms with van der Waals surface area (Å²) in [6, 6.07) is 12.2. The van der Waals surface area contributed by atoms with Crippen LogP contribution in [0.4, 0.5) is 5.69 Å². The minimum atomic E-state index is -1.30. The van der Waals surface area contributed by atoms with Crippen LogP contribution in [0.5, 0.6) is 5.75 Å². The molecule has 4 aromatic rings. The third-order valence-electron chi connectivity index (χ3n) is 11.1. The van der Waals surface area contributed by atoms with E-state index in [1.54, 1.807) is 13.8 Å². The molecular weight excluding hydrogens is 660 g/mol. The zero-order valence-corrected chi connectivity index (χ0v) is 31.1. The van der Waals surface area contributed by atoms with E-state index in [9.17, 15) is 19.5 Å². The number of benzene rings is 3. The first-order valence-electron chi connectivity index (χ1n) is 17.8. The molecule has 0 saturated carbocycles. The van der Waals surface area contributed by atoms with Gasteiger partial charge in [0.15, 0.2) is 17.7 Å². The van der Waals surface area contributed by atoms with Gasteiger partial charge in [0.1, 0.15) is 29.4 Å². The van der Waals surface area contributed by atoms with Crippen LogP contribution in [-0.4, -0.2) is 53.4 Å². The Morgan fingerprint density at radius 3 is 2.37 bits per heavy atom. The summed E-state index contributed by atoms with van der Waals surface area (Å²) in [5.41, 5.74) is 8.72. The lowest BCUT2D eigenvalue weighted by atomic mass is 9.72. The van der Waals surface area contributed by atoms with E-state index in [0.717, 1.165) is 33.5 Å². The van der Waals surface area contributed by atoms with Crippen molar-refractivity contribution in [1.82, 2.24) is 15.6 Å². The van der Waals surface area contributed by atoms with Gasteiger partial charge in [-0.3, -0.25) is 9.59 Å². The van der Waals surface area contributed by atoms with Crippen LogP contribution < -0.4 is 20.7 Å². The Bertz CT molecular complexity index is 2110. The summed E-state index contributed by atoms with van der Waals surface area (Å²) in [6.45, 7) is 15.8. The molecule has 11 heteroatoms. The quantitative estimate of drug-likeness (QED) is 0.185. The predicted octanol–water partition coefficient (Wildman–Crippen LogP) is 5.71. The van der Waals surface area contributed by atoms with E-state index >= 15 is 0 Å². The molecule has 5 atom stereocenters. The first-order valence-corrected chi connectivity index (χ1v) is 17.8. The number of aryl methyl sites for hydroxylation is 2. The van der Waals surface area contributed by atoms with E-state index in [1.807, 2.05) is 44.2 Å². The number of aliphatic hydroxyl groups is 1. The van der Waals surface area contributed by atoms with Gasteiger partial charge in [-0.25, -0.2) is 9.78 Å². The fraction of sp³-hybridized carbons (Fsp3) is 0.415. The summed E-state index contributed by atoms with van der Waals surface area (Å²) in [5, 5.41) is 20.1. The van der Waals surface area contributed by atoms with E-state index < -0.39 is 47.6 Å². The second kappa shape index (κ2) is 12.8. The summed E-state index contributed by atoms with van der Waals surface area (Å²) in [6.07, 6.45) is -1.92. The SMILES string of the molecule is COC(=O)c1nc2oc1C13c4cc(ccc4OC1Nc1c(-c4c(C)c(C)cc(C)c4C)cccc13)CC(NC(=O)[C@@H](O)C(C)C)C(=O)N[C@H]2C(C)C. The number of carbonyl (C=O) groups excluding carboxylic acids is 3. The smallest absolute Gasteiger partial charge is 0.360 e. The van der Waals surface area contributed by atoms with Gasteiger partial charge in [-0.2, -0.15) is 0 Å². The molecule has 3 aliphatic rings. The van der Waals surface area contributed by atoms with Crippen molar-refractivity contribution in [3.8, 4) is 16.9 Å². The van der Waals surface area contributed by atoms with Crippen molar-refractivity contribution in [1.29, 1.82) is 0 Å². The van der Waals surface area contributed by atoms with Crippen molar-refractivity contribution >= 4 is 23.5 Å². The number of nitrogens with zero attached hydrogens (tertiary/aromatic N) is 1. The Morgan fingerprint density at radius 1 is 1.00 bits per heavy atom. The number of hydrogen-bond acceptors (Lipinski definition) is 9. The van der Waals surface area contributed by atoms with Crippen LogP contribution in [0, 0.1) is 39.5 Å². The van der Waals surface area contributed by atoms with E-state index in [0.29, 0.717) is 5.75 Å². The third-order valence-corrected chi connectivity index (χ3v) is 11.1. The molecule has 3 aliphatic heterocycles. The number of para-hydroxylation sites is 1. The summed E-state index contributed by atoms with van der Waals surface area (Å²) in [4.78, 5) is 45.6. The number of aliphatic hydroxyl groups excluding tert-OH is 1. The Kier molecular flexibility index (Phi) is 8.68. The van der Waals surface area contributed by atoms with Gasteiger partial charge in [-0.1, -0.05) is 64.1 Å². The molecule has 52 heavy (non-hydrogen) atoms. The van der Waals surface area contributed by atoms with Crippen LogP contribution >= 0.6 is 0 Å². The zero-order valence-electron chi connectivity index (χ0n) is 31.1. The number of methoxy groups -OCH3 is 1. The first kappa shape index (κ1) is 35.3. The number of nitrogens with one attached hydrogen (secondary N) is 3. The minimum Gasteiger partial charge on any atom is -0.469 e. The average Bonchev–Trinajstić information content (AvgIpc) is 3.78. The van der Waals surface area contributed by atoms with E-state index in [2.05, 4.69) is 55.8 Å². The van der Waals surface area contributed by atoms with Crippen LogP contribution in [0.3, 0.4) is 0 Å². The lowest BCUT2D eigenvalue weighted by Gasteiger charge is -2.29. The number of esters is 1. The van der Waals surface area contributed by atoms with Crippen molar-refractivity contribution < 1.29 is 33.4 Å². The fourth-order valence-electron chi connectivity index (χ4n) is 8.00. The number of ether oxygens (including phenoxy) is 2. The number of amides is 2. The fourth-order valence-corrected chi connectivity index (χ4v) is 8.00. The molecule has 0 radical (unpaired) electrons. The van der Waals surface area contributed by atoms with Crippen LogP contribution in [0.15, 0.2) is 46.9 Å². The molecule has 0 fully saturated rings. The molecule has 1 spiro atoms. The molecule has 2 amide bonds. The minimum absolute atomic E-state index is 0.0211. The molecule has 272 valence electrons. The molecule has 4 bridgehead atoms. The Morgan fingerprint density at radius 2 is 1.71 bits per heavy atom. The average molecular weight is 707 g/mol. The van der Waals surface area contributed by atoms with Gasteiger partial charge < -0.3 is 34.9 Å². The van der Waals surface area contributed by atoms with E-state index in [1.165, 1.54) is 29.4 Å². The maximum atomic E-state index is 14.0. The summed E-state index contributed by atoms with van der Waals surface area (Å²) in [7, 11) is 1.30. The molecule has 4 heterocycles. The molecule has 0 saturated heterocycles. The number of aromatic nitrogens is 1. The largest absolute Gasteiger partial charge is 0.469 e. The summed E-state index contributed by atoms with van der Waals surface area (Å²) in [5.74, 6) is -1.47. The van der Waals surface area contributed by atoms with Gasteiger partial charge in [-0.15, -0.1) is 0 Å². The maximum absolute atomic E-state index is 14.0. The molecular formula is C41H46N4O7. The monoisotopic (exact) mass is 706 g/mol. The second-order valence-electron chi connectivity index (χ2n) is 15.1.